The molecule has 1 fully saturated rings. The van der Waals surface area contributed by atoms with Gasteiger partial charge < -0.3 is 9.73 Å². The van der Waals surface area contributed by atoms with Crippen molar-refractivity contribution in [1.82, 2.24) is 4.57 Å². The predicted octanol–water partition coefficient (Wildman–Crippen LogP) is 5.26. The fraction of sp³-hybridized carbons (Fsp3) is 0.214. The first-order valence-electron chi connectivity index (χ1n) is 12.4. The number of thioether (sulfide) groups is 1. The summed E-state index contributed by atoms with van der Waals surface area (Å²) in [4.78, 5) is 54.2. The molecule has 6 rings (SSSR count). The second-order valence-electron chi connectivity index (χ2n) is 9.66. The van der Waals surface area contributed by atoms with E-state index in [4.69, 9.17) is 4.42 Å². The van der Waals surface area contributed by atoms with Gasteiger partial charge in [0, 0.05) is 5.69 Å². The number of imide groups is 1. The molecule has 3 amide bonds. The molecule has 2 aliphatic rings. The number of furan rings is 1. The quantitative estimate of drug-likeness (QED) is 0.314. The molecule has 2 aromatic carbocycles. The van der Waals surface area contributed by atoms with Gasteiger partial charge in [0.1, 0.15) is 17.6 Å². The molecule has 0 bridgehead atoms. The Balaban J connectivity index is 1.38. The number of amides is 3. The van der Waals surface area contributed by atoms with Crippen LogP contribution in [0.5, 0.6) is 0 Å². The maximum absolute atomic E-state index is 13.8. The van der Waals surface area contributed by atoms with Crippen LogP contribution in [-0.4, -0.2) is 27.5 Å². The van der Waals surface area contributed by atoms with Gasteiger partial charge in [0.05, 0.1) is 39.3 Å². The summed E-state index contributed by atoms with van der Waals surface area (Å²) >= 11 is 1.81. The van der Waals surface area contributed by atoms with Gasteiger partial charge >= 0.3 is 11.0 Å². The molecule has 1 N–H and O–H groups in total. The average molecular weight is 600 g/mol. The number of nitrogens with one attached hydrogen (secondary N) is 1. The number of halogens is 3. The number of hydrogen-bond acceptors (Lipinski definition) is 7. The first kappa shape index (κ1) is 27.1. The highest BCUT2D eigenvalue weighted by Gasteiger charge is 2.57. The van der Waals surface area contributed by atoms with E-state index in [-0.39, 0.29) is 12.2 Å². The first-order chi connectivity index (χ1) is 19.5. The molecule has 41 heavy (non-hydrogen) atoms. The minimum Gasteiger partial charge on any atom is -0.469 e. The summed E-state index contributed by atoms with van der Waals surface area (Å²) in [6.07, 6.45) is -3.27. The summed E-state index contributed by atoms with van der Waals surface area (Å²) < 4.78 is 47.1. The van der Waals surface area contributed by atoms with Gasteiger partial charge in [-0.15, -0.1) is 0 Å². The van der Waals surface area contributed by atoms with Crippen LogP contribution < -0.4 is 15.1 Å². The minimum absolute atomic E-state index is 0.193. The van der Waals surface area contributed by atoms with Crippen molar-refractivity contribution < 1.29 is 32.0 Å². The predicted molar refractivity (Wildman–Crippen MR) is 146 cm³/mol. The molecule has 0 radical (unpaired) electrons. The highest BCUT2D eigenvalue weighted by molar-refractivity contribution is 8.00. The van der Waals surface area contributed by atoms with Crippen molar-refractivity contribution in [2.24, 2.45) is 5.92 Å². The fourth-order valence-electron chi connectivity index (χ4n) is 5.17. The van der Waals surface area contributed by atoms with Gasteiger partial charge in [-0.05, 0) is 55.0 Å². The summed E-state index contributed by atoms with van der Waals surface area (Å²) in [5.74, 6) is -3.42. The Bertz CT molecular complexity index is 1740. The Labute approximate surface area is 238 Å². The standard InChI is InChI=1S/C28H20F3N3O5S2/c1-14-5-2-7-16(11-14)32-19(35)13-33-26-23(41-27(33)38)20(18-9-4-10-39-18)21-22(40-26)25(37)34(24(21)36)17-8-3-6-15(12-17)28(29,30)31/h2-12,20-22H,13H2,1H3,(H,32,35)/t20-,21-,22+/m0/s1. The molecule has 4 aromatic rings. The summed E-state index contributed by atoms with van der Waals surface area (Å²) in [6.45, 7) is 1.53. The Kier molecular flexibility index (Phi) is 6.65. The number of aryl methyl sites for hydroxylation is 1. The largest absolute Gasteiger partial charge is 0.469 e. The van der Waals surface area contributed by atoms with Crippen molar-refractivity contribution in [3.63, 3.8) is 0 Å². The zero-order valence-corrected chi connectivity index (χ0v) is 22.8. The van der Waals surface area contributed by atoms with Gasteiger partial charge in [0.25, 0.3) is 0 Å². The summed E-state index contributed by atoms with van der Waals surface area (Å²) in [5.41, 5.74) is 0.307. The summed E-state index contributed by atoms with van der Waals surface area (Å²) in [5, 5.41) is 2.04. The van der Waals surface area contributed by atoms with Crippen molar-refractivity contribution in [3.05, 3.63) is 98.4 Å². The number of nitrogens with zero attached hydrogens (tertiary/aromatic N) is 2. The van der Waals surface area contributed by atoms with Crippen molar-refractivity contribution in [2.45, 2.75) is 35.8 Å². The number of aromatic nitrogens is 1. The van der Waals surface area contributed by atoms with Crippen LogP contribution in [-0.2, 0) is 27.1 Å². The molecule has 1 saturated heterocycles. The molecule has 4 heterocycles. The number of carbonyl (C=O) groups excluding carboxylic acids is 3. The van der Waals surface area contributed by atoms with E-state index in [1.54, 1.807) is 30.3 Å². The lowest BCUT2D eigenvalue weighted by Gasteiger charge is -2.29. The average Bonchev–Trinajstić information content (AvgIpc) is 3.61. The SMILES string of the molecule is Cc1cccc(NC(=O)Cn2c3c(sc2=O)[C@@H](c2ccco2)[C@@H]2C(=O)N(c4cccc(C(F)(F)F)c4)C(=O)[C@@H]2S3)c1. The monoisotopic (exact) mass is 599 g/mol. The number of alkyl halides is 3. The van der Waals surface area contributed by atoms with Gasteiger partial charge in [-0.3, -0.25) is 23.7 Å². The van der Waals surface area contributed by atoms with Gasteiger partial charge in [-0.2, -0.15) is 13.2 Å². The lowest BCUT2D eigenvalue weighted by molar-refractivity contribution is -0.137. The fourth-order valence-corrected chi connectivity index (χ4v) is 7.93. The molecule has 2 aliphatic heterocycles. The molecule has 0 saturated carbocycles. The highest BCUT2D eigenvalue weighted by atomic mass is 32.2. The van der Waals surface area contributed by atoms with E-state index in [0.29, 0.717) is 21.4 Å². The molecule has 13 heteroatoms. The Morgan fingerprint density at radius 3 is 2.51 bits per heavy atom. The number of thiazole rings is 1. The van der Waals surface area contributed by atoms with Crippen LogP contribution in [0.3, 0.4) is 0 Å². The molecule has 0 unspecified atom stereocenters. The molecule has 2 aromatic heterocycles. The second-order valence-corrected chi connectivity index (χ2v) is 11.8. The maximum Gasteiger partial charge on any atom is 0.416 e. The second kappa shape index (κ2) is 10.1. The zero-order chi connectivity index (χ0) is 29.1. The molecule has 0 aliphatic carbocycles. The van der Waals surface area contributed by atoms with Gasteiger partial charge in [-0.25, -0.2) is 4.90 Å². The Hall–Kier alpha value is -4.10. The molecule has 0 spiro atoms. The Morgan fingerprint density at radius 1 is 1.02 bits per heavy atom. The van der Waals surface area contributed by atoms with E-state index in [0.717, 1.165) is 51.8 Å². The number of anilines is 2. The van der Waals surface area contributed by atoms with Crippen molar-refractivity contribution in [3.8, 4) is 0 Å². The van der Waals surface area contributed by atoms with Gasteiger partial charge in [-0.1, -0.05) is 41.3 Å². The third-order valence-corrected chi connectivity index (χ3v) is 9.54. The molecule has 3 atom stereocenters. The minimum atomic E-state index is -4.67. The molecular formula is C28H20F3N3O5S2. The molecular weight excluding hydrogens is 579 g/mol. The third-order valence-electron chi connectivity index (χ3n) is 6.93. The number of carbonyl (C=O) groups is 3. The van der Waals surface area contributed by atoms with Gasteiger partial charge in [0.2, 0.25) is 17.7 Å². The summed E-state index contributed by atoms with van der Waals surface area (Å²) in [7, 11) is 0. The Morgan fingerprint density at radius 2 is 1.80 bits per heavy atom. The van der Waals surface area contributed by atoms with E-state index in [2.05, 4.69) is 5.32 Å². The number of hydrogen-bond donors (Lipinski definition) is 1. The smallest absolute Gasteiger partial charge is 0.416 e. The highest BCUT2D eigenvalue weighted by Crippen LogP contribution is 2.54. The van der Waals surface area contributed by atoms with Crippen LogP contribution in [0.1, 0.15) is 27.7 Å². The first-order valence-corrected chi connectivity index (χ1v) is 14.1. The van der Waals surface area contributed by atoms with Crippen LogP contribution >= 0.6 is 23.1 Å². The van der Waals surface area contributed by atoms with Crippen LogP contribution in [0.25, 0.3) is 0 Å². The van der Waals surface area contributed by atoms with Crippen LogP contribution in [0.4, 0.5) is 24.5 Å². The topological polar surface area (TPSA) is 102 Å². The lowest BCUT2D eigenvalue weighted by Crippen LogP contribution is -2.32. The van der Waals surface area contributed by atoms with E-state index in [1.165, 1.54) is 16.9 Å². The van der Waals surface area contributed by atoms with Crippen LogP contribution in [0, 0.1) is 12.8 Å². The summed E-state index contributed by atoms with van der Waals surface area (Å²) in [6, 6.07) is 14.4. The van der Waals surface area contributed by atoms with E-state index < -0.39 is 51.4 Å². The van der Waals surface area contributed by atoms with E-state index in [1.807, 2.05) is 13.0 Å². The van der Waals surface area contributed by atoms with Crippen LogP contribution in [0.15, 0.2) is 81.2 Å². The van der Waals surface area contributed by atoms with E-state index in [9.17, 15) is 32.3 Å². The zero-order valence-electron chi connectivity index (χ0n) is 21.2. The number of rotatable bonds is 5. The lowest BCUT2D eigenvalue weighted by atomic mass is 9.87. The normalized spacial score (nSPS) is 20.2. The van der Waals surface area contributed by atoms with Crippen molar-refractivity contribution >= 4 is 52.2 Å². The molecule has 8 nitrogen and oxygen atoms in total. The van der Waals surface area contributed by atoms with Crippen molar-refractivity contribution in [1.29, 1.82) is 0 Å². The molecule has 210 valence electrons. The maximum atomic E-state index is 13.8. The number of benzene rings is 2. The van der Waals surface area contributed by atoms with Crippen LogP contribution in [0.2, 0.25) is 0 Å². The number of fused-ring (bicyclic) bond motifs is 2. The van der Waals surface area contributed by atoms with Gasteiger partial charge in [0.15, 0.2) is 0 Å². The third kappa shape index (κ3) is 4.78. The van der Waals surface area contributed by atoms with Crippen molar-refractivity contribution in [2.75, 3.05) is 10.2 Å². The van der Waals surface area contributed by atoms with E-state index >= 15 is 0 Å².